The molecule has 0 fully saturated rings. The lowest BCUT2D eigenvalue weighted by Crippen LogP contribution is -2.34. The molecule has 0 aliphatic carbocycles. The molecule has 0 saturated carbocycles. The molecule has 0 radical (unpaired) electrons. The number of aliphatic hydroxyl groups excluding tert-OH is 2. The molecule has 0 amide bonds. The zero-order valence-corrected chi connectivity index (χ0v) is 9.38. The first kappa shape index (κ1) is 11.1. The van der Waals surface area contributed by atoms with E-state index in [4.69, 9.17) is 9.84 Å². The van der Waals surface area contributed by atoms with Gasteiger partial charge in [-0.05, 0) is 12.1 Å². The summed E-state index contributed by atoms with van der Waals surface area (Å²) in [6.07, 6.45) is -2.00. The van der Waals surface area contributed by atoms with Crippen LogP contribution < -0.4 is 10.6 Å². The molecule has 4 N–H and O–H groups in total. The van der Waals surface area contributed by atoms with Crippen molar-refractivity contribution in [3.8, 4) is 0 Å². The van der Waals surface area contributed by atoms with E-state index in [1.165, 1.54) is 0 Å². The van der Waals surface area contributed by atoms with Crippen LogP contribution in [0.15, 0.2) is 35.7 Å². The minimum Gasteiger partial charge on any atom is -0.448 e. The Morgan fingerprint density at radius 2 is 1.94 bits per heavy atom. The lowest BCUT2D eigenvalue weighted by atomic mass is 10.1. The zero-order valence-electron chi connectivity index (χ0n) is 9.38. The predicted molar refractivity (Wildman–Crippen MR) is 63.7 cm³/mol. The number of carbonyl (C=O) groups excluding carboxylic acids is 1. The third-order valence-corrected chi connectivity index (χ3v) is 2.98. The number of hydrogen-bond acceptors (Lipinski definition) is 6. The molecule has 94 valence electrons. The number of fused-ring (bicyclic) bond motifs is 1. The van der Waals surface area contributed by atoms with E-state index in [0.29, 0.717) is 5.70 Å². The summed E-state index contributed by atoms with van der Waals surface area (Å²) in [6, 6.07) is 7.38. The minimum atomic E-state index is -1.14. The molecular formula is C12H12N2O4. The van der Waals surface area contributed by atoms with Gasteiger partial charge in [0.15, 0.2) is 6.10 Å². The van der Waals surface area contributed by atoms with Crippen molar-refractivity contribution in [3.05, 3.63) is 35.7 Å². The van der Waals surface area contributed by atoms with Crippen molar-refractivity contribution in [1.29, 1.82) is 0 Å². The Balaban J connectivity index is 1.98. The number of nitrogens with one attached hydrogen (secondary N) is 2. The zero-order chi connectivity index (χ0) is 12.7. The molecule has 2 unspecified atom stereocenters. The highest BCUT2D eigenvalue weighted by molar-refractivity contribution is 5.99. The van der Waals surface area contributed by atoms with Crippen LogP contribution in [0.5, 0.6) is 0 Å². The SMILES string of the molecule is O=C1OC(C(O)CO)C2=C1Nc1ccccc1N2. The molecule has 6 nitrogen and oxygen atoms in total. The molecule has 2 aliphatic rings. The maximum absolute atomic E-state index is 11.7. The van der Waals surface area contributed by atoms with Crippen LogP contribution in [0.2, 0.25) is 0 Å². The maximum atomic E-state index is 11.7. The summed E-state index contributed by atoms with van der Waals surface area (Å²) in [4.78, 5) is 11.7. The van der Waals surface area contributed by atoms with Crippen LogP contribution >= 0.6 is 0 Å². The number of hydrogen-bond donors (Lipinski definition) is 4. The van der Waals surface area contributed by atoms with E-state index < -0.39 is 24.8 Å². The molecule has 1 aromatic rings. The van der Waals surface area contributed by atoms with Gasteiger partial charge >= 0.3 is 5.97 Å². The Kier molecular flexibility index (Phi) is 2.46. The van der Waals surface area contributed by atoms with Crippen molar-refractivity contribution in [1.82, 2.24) is 0 Å². The quantitative estimate of drug-likeness (QED) is 0.551. The number of esters is 1. The van der Waals surface area contributed by atoms with E-state index in [2.05, 4.69) is 10.6 Å². The van der Waals surface area contributed by atoms with Gasteiger partial charge in [-0.25, -0.2) is 4.79 Å². The number of cyclic esters (lactones) is 1. The lowest BCUT2D eigenvalue weighted by molar-refractivity contribution is -0.144. The van der Waals surface area contributed by atoms with Gasteiger partial charge in [0.05, 0.1) is 23.7 Å². The van der Waals surface area contributed by atoms with Crippen molar-refractivity contribution >= 4 is 17.3 Å². The van der Waals surface area contributed by atoms with Crippen LogP contribution in [0, 0.1) is 0 Å². The number of anilines is 2. The molecule has 18 heavy (non-hydrogen) atoms. The van der Waals surface area contributed by atoms with E-state index >= 15 is 0 Å². The first-order valence-electron chi connectivity index (χ1n) is 5.58. The van der Waals surface area contributed by atoms with Crippen molar-refractivity contribution in [2.24, 2.45) is 0 Å². The molecule has 1 aromatic carbocycles. The van der Waals surface area contributed by atoms with Gasteiger partial charge in [-0.1, -0.05) is 12.1 Å². The highest BCUT2D eigenvalue weighted by atomic mass is 16.6. The van der Waals surface area contributed by atoms with Crippen molar-refractivity contribution in [2.75, 3.05) is 17.2 Å². The van der Waals surface area contributed by atoms with Gasteiger partial charge in [-0.2, -0.15) is 0 Å². The van der Waals surface area contributed by atoms with Gasteiger partial charge in [0, 0.05) is 0 Å². The Morgan fingerprint density at radius 3 is 2.61 bits per heavy atom. The first-order valence-corrected chi connectivity index (χ1v) is 5.58. The van der Waals surface area contributed by atoms with Crippen LogP contribution in [0.4, 0.5) is 11.4 Å². The number of rotatable bonds is 2. The summed E-state index contributed by atoms with van der Waals surface area (Å²) in [5.41, 5.74) is 2.31. The second kappa shape index (κ2) is 4.01. The maximum Gasteiger partial charge on any atom is 0.357 e. The van der Waals surface area contributed by atoms with Crippen LogP contribution in [0.25, 0.3) is 0 Å². The molecule has 3 rings (SSSR count). The smallest absolute Gasteiger partial charge is 0.357 e. The van der Waals surface area contributed by atoms with E-state index in [-0.39, 0.29) is 5.70 Å². The monoisotopic (exact) mass is 248 g/mol. The summed E-state index contributed by atoms with van der Waals surface area (Å²) < 4.78 is 5.04. The third-order valence-electron chi connectivity index (χ3n) is 2.98. The molecular weight excluding hydrogens is 236 g/mol. The number of aliphatic hydroxyl groups is 2. The largest absolute Gasteiger partial charge is 0.448 e. The second-order valence-corrected chi connectivity index (χ2v) is 4.16. The Bertz CT molecular complexity index is 541. The molecule has 2 aliphatic heterocycles. The van der Waals surface area contributed by atoms with Gasteiger partial charge in [-0.3, -0.25) is 0 Å². The number of benzene rings is 1. The van der Waals surface area contributed by atoms with Crippen molar-refractivity contribution in [2.45, 2.75) is 12.2 Å². The molecule has 0 bridgehead atoms. The van der Waals surface area contributed by atoms with Gasteiger partial charge in [0.2, 0.25) is 0 Å². The molecule has 0 saturated heterocycles. The second-order valence-electron chi connectivity index (χ2n) is 4.16. The molecule has 0 spiro atoms. The molecule has 0 aromatic heterocycles. The molecule has 6 heteroatoms. The number of para-hydroxylation sites is 2. The number of carbonyl (C=O) groups is 1. The van der Waals surface area contributed by atoms with Crippen LogP contribution in [-0.4, -0.2) is 35.0 Å². The summed E-state index contributed by atoms with van der Waals surface area (Å²) in [5, 5.41) is 24.6. The van der Waals surface area contributed by atoms with Crippen LogP contribution in [0.3, 0.4) is 0 Å². The fourth-order valence-corrected chi connectivity index (χ4v) is 2.08. The Morgan fingerprint density at radius 1 is 1.28 bits per heavy atom. The predicted octanol–water partition coefficient (Wildman–Crippen LogP) is 0.0142. The average Bonchev–Trinajstić information content (AvgIpc) is 2.72. The minimum absolute atomic E-state index is 0.284. The highest BCUT2D eigenvalue weighted by Crippen LogP contribution is 2.35. The third kappa shape index (κ3) is 1.54. The Hall–Kier alpha value is -2.05. The summed E-state index contributed by atoms with van der Waals surface area (Å²) in [6.45, 7) is -0.474. The summed E-state index contributed by atoms with van der Waals surface area (Å²) in [7, 11) is 0. The highest BCUT2D eigenvalue weighted by Gasteiger charge is 2.40. The average molecular weight is 248 g/mol. The van der Waals surface area contributed by atoms with E-state index in [1.54, 1.807) is 0 Å². The lowest BCUT2D eigenvalue weighted by Gasteiger charge is -2.23. The van der Waals surface area contributed by atoms with Gasteiger partial charge in [0.1, 0.15) is 11.8 Å². The standard InChI is InChI=1S/C12H12N2O4/c15-5-8(16)11-9-10(12(17)18-11)14-7-4-2-1-3-6(7)13-9/h1-4,8,11,13-16H,5H2. The summed E-state index contributed by atoms with van der Waals surface area (Å²) >= 11 is 0. The fourth-order valence-electron chi connectivity index (χ4n) is 2.08. The van der Waals surface area contributed by atoms with Gasteiger partial charge in [0.25, 0.3) is 0 Å². The first-order chi connectivity index (χ1) is 8.70. The Labute approximate surface area is 103 Å². The fraction of sp³-hybridized carbons (Fsp3) is 0.250. The molecule has 2 heterocycles. The normalized spacial score (nSPS) is 22.6. The van der Waals surface area contributed by atoms with E-state index in [0.717, 1.165) is 11.4 Å². The van der Waals surface area contributed by atoms with Crippen molar-refractivity contribution in [3.63, 3.8) is 0 Å². The van der Waals surface area contributed by atoms with E-state index in [9.17, 15) is 9.90 Å². The van der Waals surface area contributed by atoms with Crippen LogP contribution in [-0.2, 0) is 9.53 Å². The van der Waals surface area contributed by atoms with Gasteiger partial charge < -0.3 is 25.6 Å². The summed E-state index contributed by atoms with van der Waals surface area (Å²) in [5.74, 6) is -0.537. The molecule has 2 atom stereocenters. The topological polar surface area (TPSA) is 90.8 Å². The van der Waals surface area contributed by atoms with Gasteiger partial charge in [-0.15, -0.1) is 0 Å². The van der Waals surface area contributed by atoms with Crippen LogP contribution in [0.1, 0.15) is 0 Å². The van der Waals surface area contributed by atoms with E-state index in [1.807, 2.05) is 24.3 Å². The van der Waals surface area contributed by atoms with Crippen molar-refractivity contribution < 1.29 is 19.7 Å². The number of ether oxygens (including phenoxy) is 1.